The molecule has 0 aromatic rings. The number of piperidine rings is 1. The van der Waals surface area contributed by atoms with Crippen LogP contribution < -0.4 is 5.32 Å². The minimum Gasteiger partial charge on any atom is -0.316 e. The predicted molar refractivity (Wildman–Crippen MR) is 88.1 cm³/mol. The second kappa shape index (κ2) is 7.79. The standard InChI is InChI=1S/C18H36N2/c1-4-12-19-14-18(5-2,6-3)15-20-13-8-10-16-9-7-11-17(16)20/h16-17,19H,4-15H2,1-3H3. The molecule has 2 rings (SSSR count). The van der Waals surface area contributed by atoms with Crippen molar-refractivity contribution in [3.8, 4) is 0 Å². The smallest absolute Gasteiger partial charge is 0.0124 e. The Hall–Kier alpha value is -0.0800. The van der Waals surface area contributed by atoms with Gasteiger partial charge in [0.25, 0.3) is 0 Å². The molecule has 0 amide bonds. The first-order valence-electron chi connectivity index (χ1n) is 9.19. The molecule has 0 bridgehead atoms. The summed E-state index contributed by atoms with van der Waals surface area (Å²) in [5.74, 6) is 1.03. The summed E-state index contributed by atoms with van der Waals surface area (Å²) in [6.07, 6.45) is 11.3. The Labute approximate surface area is 126 Å². The van der Waals surface area contributed by atoms with Crippen LogP contribution in [0.5, 0.6) is 0 Å². The fraction of sp³-hybridized carbons (Fsp3) is 1.00. The lowest BCUT2D eigenvalue weighted by Crippen LogP contribution is -2.50. The number of rotatable bonds is 8. The van der Waals surface area contributed by atoms with E-state index in [1.54, 1.807) is 0 Å². The van der Waals surface area contributed by atoms with Gasteiger partial charge in [-0.3, -0.25) is 4.90 Å². The Morgan fingerprint density at radius 3 is 2.50 bits per heavy atom. The molecule has 2 fully saturated rings. The maximum absolute atomic E-state index is 3.70. The molecule has 2 heteroatoms. The molecule has 2 nitrogen and oxygen atoms in total. The molecule has 1 heterocycles. The maximum atomic E-state index is 3.70. The Morgan fingerprint density at radius 1 is 1.05 bits per heavy atom. The Bertz CT molecular complexity index is 273. The highest BCUT2D eigenvalue weighted by molar-refractivity contribution is 4.93. The van der Waals surface area contributed by atoms with Crippen LogP contribution in [0.25, 0.3) is 0 Å². The van der Waals surface area contributed by atoms with E-state index in [-0.39, 0.29) is 0 Å². The summed E-state index contributed by atoms with van der Waals surface area (Å²) in [7, 11) is 0. The van der Waals surface area contributed by atoms with Crippen molar-refractivity contribution in [2.75, 3.05) is 26.2 Å². The molecule has 20 heavy (non-hydrogen) atoms. The molecule has 0 radical (unpaired) electrons. The van der Waals surface area contributed by atoms with Gasteiger partial charge in [0.1, 0.15) is 0 Å². The van der Waals surface area contributed by atoms with Crippen LogP contribution in [0.1, 0.15) is 72.1 Å². The first kappa shape index (κ1) is 16.3. The molecule has 0 aromatic carbocycles. The molecule has 2 unspecified atom stereocenters. The molecule has 1 aliphatic heterocycles. The number of fused-ring (bicyclic) bond motifs is 1. The molecule has 1 saturated carbocycles. The topological polar surface area (TPSA) is 15.3 Å². The average Bonchev–Trinajstić information content (AvgIpc) is 2.96. The molecule has 2 aliphatic rings. The van der Waals surface area contributed by atoms with E-state index < -0.39 is 0 Å². The normalized spacial score (nSPS) is 27.8. The lowest BCUT2D eigenvalue weighted by atomic mass is 9.80. The monoisotopic (exact) mass is 280 g/mol. The summed E-state index contributed by atoms with van der Waals surface area (Å²) < 4.78 is 0. The van der Waals surface area contributed by atoms with Gasteiger partial charge in [0, 0.05) is 19.1 Å². The molecule has 118 valence electrons. The number of likely N-dealkylation sites (tertiary alicyclic amines) is 1. The lowest BCUT2D eigenvalue weighted by Gasteiger charge is -2.44. The van der Waals surface area contributed by atoms with Crippen LogP contribution in [0.4, 0.5) is 0 Å². The van der Waals surface area contributed by atoms with Crippen molar-refractivity contribution in [3.63, 3.8) is 0 Å². The predicted octanol–water partition coefficient (Wildman–Crippen LogP) is 4.06. The average molecular weight is 280 g/mol. The van der Waals surface area contributed by atoms with Crippen LogP contribution in [0.3, 0.4) is 0 Å². The van der Waals surface area contributed by atoms with E-state index in [0.29, 0.717) is 5.41 Å². The van der Waals surface area contributed by atoms with E-state index in [1.165, 1.54) is 77.5 Å². The summed E-state index contributed by atoms with van der Waals surface area (Å²) in [5.41, 5.74) is 0.500. The van der Waals surface area contributed by atoms with Crippen LogP contribution in [0.2, 0.25) is 0 Å². The van der Waals surface area contributed by atoms with Gasteiger partial charge in [-0.1, -0.05) is 27.2 Å². The van der Waals surface area contributed by atoms with E-state index in [4.69, 9.17) is 0 Å². The fourth-order valence-corrected chi connectivity index (χ4v) is 4.49. The van der Waals surface area contributed by atoms with Crippen molar-refractivity contribution in [1.82, 2.24) is 10.2 Å². The summed E-state index contributed by atoms with van der Waals surface area (Å²) >= 11 is 0. The highest BCUT2D eigenvalue weighted by Crippen LogP contribution is 2.39. The number of nitrogens with zero attached hydrogens (tertiary/aromatic N) is 1. The summed E-state index contributed by atoms with van der Waals surface area (Å²) in [5, 5.41) is 3.70. The van der Waals surface area contributed by atoms with Crippen LogP contribution in [-0.2, 0) is 0 Å². The zero-order chi connectivity index (χ0) is 14.4. The van der Waals surface area contributed by atoms with Crippen LogP contribution in [0.15, 0.2) is 0 Å². The molecule has 0 aromatic heterocycles. The van der Waals surface area contributed by atoms with Crippen LogP contribution in [-0.4, -0.2) is 37.1 Å². The Balaban J connectivity index is 1.95. The Kier molecular flexibility index (Phi) is 6.35. The van der Waals surface area contributed by atoms with Gasteiger partial charge in [-0.2, -0.15) is 0 Å². The molecule has 1 aliphatic carbocycles. The SMILES string of the molecule is CCCNCC(CC)(CC)CN1CCCC2CCCC21. The number of hydrogen-bond acceptors (Lipinski definition) is 2. The van der Waals surface area contributed by atoms with Gasteiger partial charge in [-0.25, -0.2) is 0 Å². The lowest BCUT2D eigenvalue weighted by molar-refractivity contribution is 0.0535. The van der Waals surface area contributed by atoms with Crippen molar-refractivity contribution < 1.29 is 0 Å². The van der Waals surface area contributed by atoms with Crippen molar-refractivity contribution in [2.45, 2.75) is 78.2 Å². The summed E-state index contributed by atoms with van der Waals surface area (Å²) in [4.78, 5) is 2.88. The molecule has 2 atom stereocenters. The maximum Gasteiger partial charge on any atom is 0.0124 e. The van der Waals surface area contributed by atoms with Crippen LogP contribution >= 0.6 is 0 Å². The van der Waals surface area contributed by atoms with E-state index >= 15 is 0 Å². The minimum absolute atomic E-state index is 0.500. The van der Waals surface area contributed by atoms with E-state index in [0.717, 1.165) is 12.0 Å². The minimum atomic E-state index is 0.500. The molecule has 1 saturated heterocycles. The van der Waals surface area contributed by atoms with Gasteiger partial charge in [0.15, 0.2) is 0 Å². The molecular formula is C18H36N2. The van der Waals surface area contributed by atoms with Crippen molar-refractivity contribution in [1.29, 1.82) is 0 Å². The van der Waals surface area contributed by atoms with Gasteiger partial charge >= 0.3 is 0 Å². The van der Waals surface area contributed by atoms with Crippen LogP contribution in [0, 0.1) is 11.3 Å². The third-order valence-electron chi connectivity index (χ3n) is 6.07. The molecule has 1 N–H and O–H groups in total. The van der Waals surface area contributed by atoms with Crippen molar-refractivity contribution in [2.24, 2.45) is 11.3 Å². The molecule has 0 spiro atoms. The van der Waals surface area contributed by atoms with Gasteiger partial charge < -0.3 is 5.32 Å². The van der Waals surface area contributed by atoms with E-state index in [9.17, 15) is 0 Å². The van der Waals surface area contributed by atoms with Gasteiger partial charge in [0.2, 0.25) is 0 Å². The summed E-state index contributed by atoms with van der Waals surface area (Å²) in [6, 6.07) is 0.924. The third kappa shape index (κ3) is 3.76. The largest absolute Gasteiger partial charge is 0.316 e. The van der Waals surface area contributed by atoms with Crippen molar-refractivity contribution in [3.05, 3.63) is 0 Å². The summed E-state index contributed by atoms with van der Waals surface area (Å²) in [6.45, 7) is 12.1. The fourth-order valence-electron chi connectivity index (χ4n) is 4.49. The van der Waals surface area contributed by atoms with Crippen molar-refractivity contribution >= 4 is 0 Å². The quantitative estimate of drug-likeness (QED) is 0.675. The Morgan fingerprint density at radius 2 is 1.80 bits per heavy atom. The third-order valence-corrected chi connectivity index (χ3v) is 6.07. The number of hydrogen-bond donors (Lipinski definition) is 1. The van der Waals surface area contributed by atoms with E-state index in [2.05, 4.69) is 31.0 Å². The van der Waals surface area contributed by atoms with E-state index in [1.807, 2.05) is 0 Å². The van der Waals surface area contributed by atoms with Gasteiger partial charge in [-0.05, 0) is 69.4 Å². The zero-order valence-corrected chi connectivity index (χ0v) is 14.1. The second-order valence-electron chi connectivity index (χ2n) is 7.25. The highest BCUT2D eigenvalue weighted by Gasteiger charge is 2.38. The van der Waals surface area contributed by atoms with Gasteiger partial charge in [0.05, 0.1) is 0 Å². The second-order valence-corrected chi connectivity index (χ2v) is 7.25. The zero-order valence-electron chi connectivity index (χ0n) is 14.1. The first-order valence-corrected chi connectivity index (χ1v) is 9.19. The highest BCUT2D eigenvalue weighted by atomic mass is 15.2. The first-order chi connectivity index (χ1) is 9.74. The molecular weight excluding hydrogens is 244 g/mol. The number of nitrogens with one attached hydrogen (secondary N) is 1. The van der Waals surface area contributed by atoms with Gasteiger partial charge in [-0.15, -0.1) is 0 Å².